The van der Waals surface area contributed by atoms with Crippen molar-refractivity contribution in [3.05, 3.63) is 54.2 Å². The van der Waals surface area contributed by atoms with Crippen molar-refractivity contribution in [2.24, 2.45) is 4.99 Å². The van der Waals surface area contributed by atoms with Crippen LogP contribution in [-0.4, -0.2) is 36.5 Å². The van der Waals surface area contributed by atoms with E-state index in [-0.39, 0.29) is 36.3 Å². The molecule has 0 aliphatic heterocycles. The first-order valence-corrected chi connectivity index (χ1v) is 9.17. The number of furan rings is 1. The molecule has 2 rings (SSSR count). The Morgan fingerprint density at radius 3 is 2.62 bits per heavy atom. The molecule has 0 aliphatic carbocycles. The van der Waals surface area contributed by atoms with Gasteiger partial charge in [-0.25, -0.2) is 9.38 Å². The number of hydrogen-bond donors (Lipinski definition) is 3. The summed E-state index contributed by atoms with van der Waals surface area (Å²) in [6, 6.07) is 9.91. The summed E-state index contributed by atoms with van der Waals surface area (Å²) in [6.45, 7) is 5.25. The molecular weight excluding hydrogens is 468 g/mol. The molecule has 1 unspecified atom stereocenters. The third-order valence-corrected chi connectivity index (χ3v) is 4.43. The minimum atomic E-state index is -1.16. The van der Waals surface area contributed by atoms with Gasteiger partial charge in [0, 0.05) is 23.7 Å². The van der Waals surface area contributed by atoms with Crippen molar-refractivity contribution in [2.45, 2.75) is 24.3 Å². The number of guanidine groups is 1. The van der Waals surface area contributed by atoms with Crippen LogP contribution in [0.2, 0.25) is 0 Å². The number of aliphatic imine (C=N–C) groups is 1. The molecule has 1 heterocycles. The molecule has 0 bridgehead atoms. The van der Waals surface area contributed by atoms with Gasteiger partial charge in [-0.15, -0.1) is 35.7 Å². The maximum atomic E-state index is 12.9. The van der Waals surface area contributed by atoms with Gasteiger partial charge in [0.05, 0.1) is 12.8 Å². The Morgan fingerprint density at radius 2 is 2.00 bits per heavy atom. The van der Waals surface area contributed by atoms with E-state index < -0.39 is 5.60 Å². The molecule has 0 fully saturated rings. The van der Waals surface area contributed by atoms with Crippen LogP contribution in [0.1, 0.15) is 19.6 Å². The van der Waals surface area contributed by atoms with Gasteiger partial charge in [-0.2, -0.15) is 0 Å². The van der Waals surface area contributed by atoms with Gasteiger partial charge >= 0.3 is 0 Å². The second-order valence-corrected chi connectivity index (χ2v) is 6.84. The van der Waals surface area contributed by atoms with Crippen LogP contribution < -0.4 is 10.6 Å². The maximum Gasteiger partial charge on any atom is 0.191 e. The highest BCUT2D eigenvalue weighted by Gasteiger charge is 2.25. The van der Waals surface area contributed by atoms with Gasteiger partial charge in [-0.1, -0.05) is 0 Å². The molecule has 144 valence electrons. The molecule has 0 saturated heterocycles. The third kappa shape index (κ3) is 7.55. The Hall–Kier alpha value is -1.26. The fraction of sp³-hybridized carbons (Fsp3) is 0.389. The van der Waals surface area contributed by atoms with E-state index in [9.17, 15) is 9.50 Å². The van der Waals surface area contributed by atoms with Crippen molar-refractivity contribution in [3.8, 4) is 0 Å². The lowest BCUT2D eigenvalue weighted by atomic mass is 10.0. The van der Waals surface area contributed by atoms with E-state index >= 15 is 0 Å². The molecule has 0 saturated carbocycles. The monoisotopic (exact) mass is 493 g/mol. The van der Waals surface area contributed by atoms with Crippen molar-refractivity contribution in [1.29, 1.82) is 0 Å². The van der Waals surface area contributed by atoms with E-state index in [1.54, 1.807) is 43.0 Å². The summed E-state index contributed by atoms with van der Waals surface area (Å²) < 4.78 is 18.1. The molecule has 2 aromatic rings. The van der Waals surface area contributed by atoms with Crippen LogP contribution in [0.4, 0.5) is 4.39 Å². The molecule has 0 radical (unpaired) electrons. The van der Waals surface area contributed by atoms with Crippen LogP contribution in [0.15, 0.2) is 57.0 Å². The molecule has 5 nitrogen and oxygen atoms in total. The number of aliphatic hydroxyl groups is 1. The normalized spacial score (nSPS) is 13.6. The van der Waals surface area contributed by atoms with Gasteiger partial charge in [-0.05, 0) is 50.2 Å². The van der Waals surface area contributed by atoms with E-state index in [0.717, 1.165) is 17.2 Å². The molecule has 1 aromatic carbocycles. The third-order valence-electron chi connectivity index (χ3n) is 3.42. The van der Waals surface area contributed by atoms with Gasteiger partial charge in [-0.3, -0.25) is 0 Å². The quantitative estimate of drug-likeness (QED) is 0.173. The van der Waals surface area contributed by atoms with E-state index in [2.05, 4.69) is 15.6 Å². The first kappa shape index (κ1) is 22.8. The van der Waals surface area contributed by atoms with Gasteiger partial charge in [0.2, 0.25) is 0 Å². The first-order chi connectivity index (χ1) is 12.0. The van der Waals surface area contributed by atoms with Crippen molar-refractivity contribution in [2.75, 3.05) is 25.4 Å². The van der Waals surface area contributed by atoms with Crippen LogP contribution >= 0.6 is 35.7 Å². The van der Waals surface area contributed by atoms with Crippen LogP contribution in [0.25, 0.3) is 0 Å². The van der Waals surface area contributed by atoms with Crippen LogP contribution in [0, 0.1) is 5.82 Å². The largest absolute Gasteiger partial charge is 0.466 e. The number of nitrogens with one attached hydrogen (secondary N) is 2. The van der Waals surface area contributed by atoms with Crippen LogP contribution in [0.5, 0.6) is 0 Å². The Kier molecular flexibility index (Phi) is 10.0. The maximum absolute atomic E-state index is 12.9. The highest BCUT2D eigenvalue weighted by molar-refractivity contribution is 14.0. The van der Waals surface area contributed by atoms with E-state index in [1.165, 1.54) is 18.4 Å². The molecule has 8 heteroatoms. The highest BCUT2D eigenvalue weighted by atomic mass is 127. The topological polar surface area (TPSA) is 69.8 Å². The summed E-state index contributed by atoms with van der Waals surface area (Å²) >= 11 is 1.63. The number of thioether (sulfide) groups is 1. The van der Waals surface area contributed by atoms with Gasteiger partial charge in [0.15, 0.2) is 5.96 Å². The zero-order valence-corrected chi connectivity index (χ0v) is 18.0. The predicted octanol–water partition coefficient (Wildman–Crippen LogP) is 3.59. The van der Waals surface area contributed by atoms with Crippen molar-refractivity contribution in [1.82, 2.24) is 10.6 Å². The average molecular weight is 493 g/mol. The zero-order valence-electron chi connectivity index (χ0n) is 14.9. The molecule has 26 heavy (non-hydrogen) atoms. The van der Waals surface area contributed by atoms with E-state index in [4.69, 9.17) is 4.42 Å². The smallest absolute Gasteiger partial charge is 0.191 e. The fourth-order valence-corrected chi connectivity index (χ4v) is 2.88. The Balaban J connectivity index is 0.00000338. The number of hydrogen-bond acceptors (Lipinski definition) is 4. The lowest BCUT2D eigenvalue weighted by molar-refractivity contribution is 0.0437. The predicted molar refractivity (Wildman–Crippen MR) is 115 cm³/mol. The zero-order chi connectivity index (χ0) is 18.1. The van der Waals surface area contributed by atoms with Gasteiger partial charge < -0.3 is 20.2 Å². The molecule has 1 aromatic heterocycles. The Labute approximate surface area is 174 Å². The lowest BCUT2D eigenvalue weighted by Gasteiger charge is -2.19. The minimum Gasteiger partial charge on any atom is -0.466 e. The second-order valence-electron chi connectivity index (χ2n) is 5.68. The van der Waals surface area contributed by atoms with Crippen LogP contribution in [-0.2, 0) is 5.60 Å². The number of benzene rings is 1. The van der Waals surface area contributed by atoms with Gasteiger partial charge in [0.1, 0.15) is 17.2 Å². The van der Waals surface area contributed by atoms with Crippen molar-refractivity contribution in [3.63, 3.8) is 0 Å². The molecule has 3 N–H and O–H groups in total. The summed E-state index contributed by atoms with van der Waals surface area (Å²) in [5.74, 6) is 1.70. The van der Waals surface area contributed by atoms with E-state index in [1.807, 2.05) is 6.92 Å². The summed E-state index contributed by atoms with van der Waals surface area (Å²) in [4.78, 5) is 5.44. The number of nitrogens with zero attached hydrogens (tertiary/aromatic N) is 1. The SMILES string of the molecule is CCNC(=NCC(C)(O)c1ccco1)NCCSc1ccc(F)cc1.I. The van der Waals surface area contributed by atoms with Crippen molar-refractivity contribution < 1.29 is 13.9 Å². The summed E-state index contributed by atoms with van der Waals surface area (Å²) in [7, 11) is 0. The molecule has 0 spiro atoms. The first-order valence-electron chi connectivity index (χ1n) is 8.18. The molecule has 0 aliphatic rings. The minimum absolute atomic E-state index is 0. The fourth-order valence-electron chi connectivity index (χ4n) is 2.11. The number of halogens is 2. The second kappa shape index (κ2) is 11.5. The summed E-state index contributed by atoms with van der Waals surface area (Å²) in [5.41, 5.74) is -1.16. The molecular formula is C18H25FIN3O2S. The summed E-state index contributed by atoms with van der Waals surface area (Å²) in [6.07, 6.45) is 1.53. The Morgan fingerprint density at radius 1 is 1.27 bits per heavy atom. The molecule has 0 amide bonds. The van der Waals surface area contributed by atoms with E-state index in [0.29, 0.717) is 18.3 Å². The highest BCUT2D eigenvalue weighted by Crippen LogP contribution is 2.21. The average Bonchev–Trinajstić information content (AvgIpc) is 3.13. The van der Waals surface area contributed by atoms with Gasteiger partial charge in [0.25, 0.3) is 0 Å². The standard InChI is InChI=1S/C18H24FN3O2S.HI/c1-3-20-17(22-13-18(2,23)16-5-4-11-24-16)21-10-12-25-15-8-6-14(19)7-9-15;/h4-9,11,23H,3,10,12-13H2,1-2H3,(H2,20,21,22);1H. The Bertz CT molecular complexity index is 664. The van der Waals surface area contributed by atoms with Crippen molar-refractivity contribution >= 4 is 41.7 Å². The summed E-state index contributed by atoms with van der Waals surface area (Å²) in [5, 5.41) is 16.8. The molecule has 1 atom stereocenters. The number of rotatable bonds is 8. The lowest BCUT2D eigenvalue weighted by Crippen LogP contribution is -2.39. The van der Waals surface area contributed by atoms with Crippen LogP contribution in [0.3, 0.4) is 0 Å².